The number of H-pyrrole nitrogens is 1. The lowest BCUT2D eigenvalue weighted by Gasteiger charge is -2.12. The molecule has 1 fully saturated rings. The number of aromatic amines is 1. The van der Waals surface area contributed by atoms with Crippen LogP contribution in [0, 0.1) is 13.8 Å². The first-order valence-corrected chi connectivity index (χ1v) is 7.10. The lowest BCUT2D eigenvalue weighted by molar-refractivity contribution is 0.505. The van der Waals surface area contributed by atoms with Gasteiger partial charge in [-0.2, -0.15) is 0 Å². The maximum Gasteiger partial charge on any atom is 0.123 e. The molecule has 0 amide bonds. The van der Waals surface area contributed by atoms with Crippen LogP contribution in [0.15, 0.2) is 16.7 Å². The molecular formula is C15H21N3O. The number of aromatic nitrogens is 2. The summed E-state index contributed by atoms with van der Waals surface area (Å²) in [6, 6.07) is 2.43. The summed E-state index contributed by atoms with van der Waals surface area (Å²) >= 11 is 0. The van der Waals surface area contributed by atoms with E-state index in [9.17, 15) is 0 Å². The minimum atomic E-state index is 0.365. The van der Waals surface area contributed by atoms with Crippen LogP contribution in [0.4, 0.5) is 0 Å². The maximum absolute atomic E-state index is 5.58. The fraction of sp³-hybridized carbons (Fsp3) is 0.533. The molecule has 1 saturated heterocycles. The van der Waals surface area contributed by atoms with Gasteiger partial charge in [0, 0.05) is 5.56 Å². The van der Waals surface area contributed by atoms with E-state index >= 15 is 0 Å². The lowest BCUT2D eigenvalue weighted by atomic mass is 10.1. The molecule has 0 spiro atoms. The van der Waals surface area contributed by atoms with E-state index in [0.29, 0.717) is 6.04 Å². The number of imidazole rings is 1. The van der Waals surface area contributed by atoms with Gasteiger partial charge in [0.1, 0.15) is 17.3 Å². The molecule has 2 N–H and O–H groups in total. The molecule has 0 bridgehead atoms. The quantitative estimate of drug-likeness (QED) is 0.868. The molecule has 19 heavy (non-hydrogen) atoms. The summed E-state index contributed by atoms with van der Waals surface area (Å²) in [6.45, 7) is 5.05. The summed E-state index contributed by atoms with van der Waals surface area (Å²) in [5.74, 6) is 2.94. The SMILES string of the molecule is Cc1cc(-c2cnc(C3CCCCCN3)[nH]2)c(C)o1. The molecule has 2 aromatic heterocycles. The van der Waals surface area contributed by atoms with E-state index in [4.69, 9.17) is 4.42 Å². The second-order valence-electron chi connectivity index (χ2n) is 5.37. The Balaban J connectivity index is 1.84. The molecule has 1 aliphatic rings. The molecule has 3 rings (SSSR count). The van der Waals surface area contributed by atoms with Gasteiger partial charge in [0.15, 0.2) is 0 Å². The van der Waals surface area contributed by atoms with Crippen LogP contribution in [0.2, 0.25) is 0 Å². The van der Waals surface area contributed by atoms with Crippen LogP contribution in [-0.2, 0) is 0 Å². The van der Waals surface area contributed by atoms with Crippen LogP contribution in [0.3, 0.4) is 0 Å². The van der Waals surface area contributed by atoms with Gasteiger partial charge in [-0.05, 0) is 39.3 Å². The van der Waals surface area contributed by atoms with Gasteiger partial charge >= 0.3 is 0 Å². The Bertz CT molecular complexity index is 547. The summed E-state index contributed by atoms with van der Waals surface area (Å²) in [6.07, 6.45) is 6.94. The van der Waals surface area contributed by atoms with Crippen LogP contribution < -0.4 is 5.32 Å². The average Bonchev–Trinajstić information content (AvgIpc) is 2.88. The van der Waals surface area contributed by atoms with Crippen molar-refractivity contribution in [2.45, 2.75) is 45.6 Å². The van der Waals surface area contributed by atoms with Crippen molar-refractivity contribution >= 4 is 0 Å². The highest BCUT2D eigenvalue weighted by Crippen LogP contribution is 2.27. The monoisotopic (exact) mass is 259 g/mol. The normalized spacial score (nSPS) is 20.4. The highest BCUT2D eigenvalue weighted by atomic mass is 16.3. The number of furan rings is 1. The van der Waals surface area contributed by atoms with E-state index < -0.39 is 0 Å². The number of rotatable bonds is 2. The molecule has 102 valence electrons. The van der Waals surface area contributed by atoms with E-state index in [0.717, 1.165) is 41.6 Å². The summed E-state index contributed by atoms with van der Waals surface area (Å²) in [7, 11) is 0. The second-order valence-corrected chi connectivity index (χ2v) is 5.37. The van der Waals surface area contributed by atoms with Crippen molar-refractivity contribution in [2.24, 2.45) is 0 Å². The van der Waals surface area contributed by atoms with Crippen molar-refractivity contribution in [2.75, 3.05) is 6.54 Å². The predicted molar refractivity (Wildman–Crippen MR) is 75.0 cm³/mol. The topological polar surface area (TPSA) is 53.9 Å². The number of nitrogens with zero attached hydrogens (tertiary/aromatic N) is 1. The van der Waals surface area contributed by atoms with E-state index in [2.05, 4.69) is 21.4 Å². The van der Waals surface area contributed by atoms with E-state index in [1.54, 1.807) is 0 Å². The molecule has 3 heterocycles. The largest absolute Gasteiger partial charge is 0.466 e. The van der Waals surface area contributed by atoms with E-state index in [-0.39, 0.29) is 0 Å². The summed E-state index contributed by atoms with van der Waals surface area (Å²) in [5.41, 5.74) is 2.17. The number of nitrogens with one attached hydrogen (secondary N) is 2. The molecule has 2 aromatic rings. The zero-order valence-electron chi connectivity index (χ0n) is 11.6. The van der Waals surface area contributed by atoms with Gasteiger partial charge in [-0.1, -0.05) is 12.8 Å². The first kappa shape index (κ1) is 12.5. The third-order valence-corrected chi connectivity index (χ3v) is 3.82. The third-order valence-electron chi connectivity index (χ3n) is 3.82. The van der Waals surface area contributed by atoms with Crippen LogP contribution in [-0.4, -0.2) is 16.5 Å². The number of aryl methyl sites for hydroxylation is 2. The first-order valence-electron chi connectivity index (χ1n) is 7.10. The molecule has 1 unspecified atom stereocenters. The van der Waals surface area contributed by atoms with Gasteiger partial charge in [-0.3, -0.25) is 0 Å². The number of hydrogen-bond donors (Lipinski definition) is 2. The van der Waals surface area contributed by atoms with Crippen molar-refractivity contribution in [3.63, 3.8) is 0 Å². The molecule has 1 atom stereocenters. The van der Waals surface area contributed by atoms with Crippen LogP contribution in [0.5, 0.6) is 0 Å². The van der Waals surface area contributed by atoms with Gasteiger partial charge in [0.2, 0.25) is 0 Å². The second kappa shape index (κ2) is 5.21. The van der Waals surface area contributed by atoms with Gasteiger partial charge in [-0.25, -0.2) is 4.98 Å². The first-order chi connectivity index (χ1) is 9.24. The molecule has 0 aromatic carbocycles. The Morgan fingerprint density at radius 1 is 1.26 bits per heavy atom. The Kier molecular flexibility index (Phi) is 3.42. The molecular weight excluding hydrogens is 238 g/mol. The van der Waals surface area contributed by atoms with Gasteiger partial charge in [-0.15, -0.1) is 0 Å². The van der Waals surface area contributed by atoms with Crippen LogP contribution in [0.25, 0.3) is 11.3 Å². The van der Waals surface area contributed by atoms with Gasteiger partial charge in [0.05, 0.1) is 17.9 Å². The predicted octanol–water partition coefficient (Wildman–Crippen LogP) is 3.49. The van der Waals surface area contributed by atoms with E-state index in [1.807, 2.05) is 20.0 Å². The number of hydrogen-bond acceptors (Lipinski definition) is 3. The summed E-state index contributed by atoms with van der Waals surface area (Å²) < 4.78 is 5.58. The smallest absolute Gasteiger partial charge is 0.123 e. The minimum absolute atomic E-state index is 0.365. The fourth-order valence-electron chi connectivity index (χ4n) is 2.81. The summed E-state index contributed by atoms with van der Waals surface area (Å²) in [4.78, 5) is 8.00. The van der Waals surface area contributed by atoms with Crippen molar-refractivity contribution in [3.05, 3.63) is 29.6 Å². The molecule has 0 saturated carbocycles. The van der Waals surface area contributed by atoms with Crippen molar-refractivity contribution < 1.29 is 4.42 Å². The molecule has 4 heteroatoms. The zero-order valence-corrected chi connectivity index (χ0v) is 11.6. The Morgan fingerprint density at radius 3 is 2.95 bits per heavy atom. The Hall–Kier alpha value is -1.55. The highest BCUT2D eigenvalue weighted by molar-refractivity contribution is 5.61. The van der Waals surface area contributed by atoms with Crippen molar-refractivity contribution in [1.29, 1.82) is 0 Å². The van der Waals surface area contributed by atoms with Crippen LogP contribution >= 0.6 is 0 Å². The maximum atomic E-state index is 5.58. The fourth-order valence-corrected chi connectivity index (χ4v) is 2.81. The molecule has 0 aliphatic carbocycles. The van der Waals surface area contributed by atoms with Crippen molar-refractivity contribution in [3.8, 4) is 11.3 Å². The Morgan fingerprint density at radius 2 is 2.16 bits per heavy atom. The third kappa shape index (κ3) is 2.59. The van der Waals surface area contributed by atoms with E-state index in [1.165, 1.54) is 19.3 Å². The lowest BCUT2D eigenvalue weighted by Crippen LogP contribution is -2.21. The molecule has 1 aliphatic heterocycles. The van der Waals surface area contributed by atoms with Crippen LogP contribution in [0.1, 0.15) is 49.1 Å². The Labute approximate surface area is 113 Å². The minimum Gasteiger partial charge on any atom is -0.466 e. The standard InChI is InChI=1S/C15H21N3O/c1-10-8-12(11(2)19-10)14-9-17-15(18-14)13-6-4-3-5-7-16-13/h8-9,13,16H,3-7H2,1-2H3,(H,17,18). The highest BCUT2D eigenvalue weighted by Gasteiger charge is 2.18. The summed E-state index contributed by atoms with van der Waals surface area (Å²) in [5, 5.41) is 3.57. The van der Waals surface area contributed by atoms with Crippen molar-refractivity contribution in [1.82, 2.24) is 15.3 Å². The van der Waals surface area contributed by atoms with Gasteiger partial charge < -0.3 is 14.7 Å². The average molecular weight is 259 g/mol. The molecule has 4 nitrogen and oxygen atoms in total. The van der Waals surface area contributed by atoms with Gasteiger partial charge in [0.25, 0.3) is 0 Å². The zero-order chi connectivity index (χ0) is 13.2. The molecule has 0 radical (unpaired) electrons.